The molecular weight excluding hydrogens is 206 g/mol. The molecule has 0 aromatic carbocycles. The number of carboxylic acid groups (broad SMARTS) is 1. The van der Waals surface area contributed by atoms with Crippen LogP contribution in [-0.4, -0.2) is 21.2 Å². The van der Waals surface area contributed by atoms with Gasteiger partial charge in [-0.05, 0) is 24.3 Å². The Morgan fingerprint density at radius 1 is 1.25 bits per heavy atom. The minimum atomic E-state index is -1.11. The first-order valence-corrected chi connectivity index (χ1v) is 4.63. The lowest BCUT2D eigenvalue weighted by Crippen LogP contribution is -2.08. The monoisotopic (exact) mass is 215 g/mol. The summed E-state index contributed by atoms with van der Waals surface area (Å²) in [6.45, 7) is 0. The Morgan fingerprint density at radius 3 is 2.75 bits per heavy atom. The second-order valence-electron chi connectivity index (χ2n) is 3.07. The Bertz CT molecular complexity index is 500. The van der Waals surface area contributed by atoms with Crippen LogP contribution in [0.1, 0.15) is 0 Å². The van der Waals surface area contributed by atoms with Crippen LogP contribution in [0.4, 0.5) is 10.5 Å². The van der Waals surface area contributed by atoms with E-state index in [9.17, 15) is 4.79 Å². The minimum absolute atomic E-state index is 0.447. The van der Waals surface area contributed by atoms with Gasteiger partial charge in [0.1, 0.15) is 0 Å². The molecule has 0 radical (unpaired) electrons. The fourth-order valence-electron chi connectivity index (χ4n) is 1.35. The first-order valence-electron chi connectivity index (χ1n) is 4.63. The molecule has 0 saturated carbocycles. The number of hydrogen-bond donors (Lipinski definition) is 2. The van der Waals surface area contributed by atoms with Crippen LogP contribution < -0.4 is 5.32 Å². The topological polar surface area (TPSA) is 75.1 Å². The van der Waals surface area contributed by atoms with E-state index in [0.717, 1.165) is 5.56 Å². The maximum atomic E-state index is 10.6. The van der Waals surface area contributed by atoms with E-state index in [-0.39, 0.29) is 0 Å². The van der Waals surface area contributed by atoms with Gasteiger partial charge in [0.25, 0.3) is 0 Å². The summed E-state index contributed by atoms with van der Waals surface area (Å²) in [7, 11) is 0. The number of pyridine rings is 2. The molecular formula is C11H9N3O2. The van der Waals surface area contributed by atoms with Gasteiger partial charge in [-0.2, -0.15) is 0 Å². The van der Waals surface area contributed by atoms with Gasteiger partial charge < -0.3 is 5.11 Å². The van der Waals surface area contributed by atoms with E-state index in [0.29, 0.717) is 11.4 Å². The smallest absolute Gasteiger partial charge is 0.409 e. The van der Waals surface area contributed by atoms with Gasteiger partial charge >= 0.3 is 6.09 Å². The quantitative estimate of drug-likeness (QED) is 0.805. The molecule has 2 aromatic rings. The van der Waals surface area contributed by atoms with E-state index in [2.05, 4.69) is 15.3 Å². The van der Waals surface area contributed by atoms with Crippen LogP contribution in [0.25, 0.3) is 11.3 Å². The lowest BCUT2D eigenvalue weighted by Gasteiger charge is -2.06. The summed E-state index contributed by atoms with van der Waals surface area (Å²) in [6, 6.07) is 6.92. The van der Waals surface area contributed by atoms with Crippen molar-refractivity contribution in [1.82, 2.24) is 9.97 Å². The van der Waals surface area contributed by atoms with Crippen molar-refractivity contribution < 1.29 is 9.90 Å². The number of aromatic nitrogens is 2. The fraction of sp³-hybridized carbons (Fsp3) is 0. The lowest BCUT2D eigenvalue weighted by molar-refractivity contribution is 0.210. The van der Waals surface area contributed by atoms with E-state index in [1.807, 2.05) is 6.07 Å². The zero-order valence-electron chi connectivity index (χ0n) is 8.29. The van der Waals surface area contributed by atoms with Crippen LogP contribution >= 0.6 is 0 Å². The zero-order chi connectivity index (χ0) is 11.4. The zero-order valence-corrected chi connectivity index (χ0v) is 8.29. The van der Waals surface area contributed by atoms with Gasteiger partial charge in [-0.25, -0.2) is 4.79 Å². The van der Waals surface area contributed by atoms with Crippen LogP contribution in [0.15, 0.2) is 42.9 Å². The molecule has 1 amide bonds. The molecule has 0 atom stereocenters. The third-order valence-corrected chi connectivity index (χ3v) is 1.98. The van der Waals surface area contributed by atoms with Crippen molar-refractivity contribution in [2.45, 2.75) is 0 Å². The Labute approximate surface area is 91.8 Å². The van der Waals surface area contributed by atoms with Crippen molar-refractivity contribution in [1.29, 1.82) is 0 Å². The van der Waals surface area contributed by atoms with E-state index in [1.165, 1.54) is 0 Å². The van der Waals surface area contributed by atoms with Gasteiger partial charge in [-0.3, -0.25) is 15.3 Å². The van der Waals surface area contributed by atoms with Gasteiger partial charge in [0.05, 0.1) is 11.4 Å². The molecule has 0 spiro atoms. The molecule has 16 heavy (non-hydrogen) atoms. The molecule has 0 bridgehead atoms. The van der Waals surface area contributed by atoms with E-state index in [4.69, 9.17) is 5.11 Å². The first-order chi connectivity index (χ1) is 7.77. The highest BCUT2D eigenvalue weighted by atomic mass is 16.4. The van der Waals surface area contributed by atoms with E-state index < -0.39 is 6.09 Å². The second-order valence-corrected chi connectivity index (χ2v) is 3.07. The number of anilines is 1. The predicted octanol–water partition coefficient (Wildman–Crippen LogP) is 2.23. The summed E-state index contributed by atoms with van der Waals surface area (Å²) in [5.41, 5.74) is 1.79. The molecule has 0 aliphatic carbocycles. The summed E-state index contributed by atoms with van der Waals surface area (Å²) in [4.78, 5) is 18.7. The normalized spacial score (nSPS) is 9.75. The van der Waals surface area contributed by atoms with Gasteiger partial charge in [-0.1, -0.05) is 0 Å². The van der Waals surface area contributed by atoms with Gasteiger partial charge in [0.15, 0.2) is 0 Å². The van der Waals surface area contributed by atoms with Crippen molar-refractivity contribution in [2.75, 3.05) is 5.32 Å². The van der Waals surface area contributed by atoms with Gasteiger partial charge in [0.2, 0.25) is 0 Å². The Hall–Kier alpha value is -2.43. The molecule has 0 saturated heterocycles. The van der Waals surface area contributed by atoms with Gasteiger partial charge in [-0.15, -0.1) is 0 Å². The molecule has 80 valence electrons. The third-order valence-electron chi connectivity index (χ3n) is 1.98. The fourth-order valence-corrected chi connectivity index (χ4v) is 1.35. The second kappa shape index (κ2) is 4.39. The molecule has 2 rings (SSSR count). The SMILES string of the molecule is O=C(O)Nc1cccnc1-c1cccnc1. The summed E-state index contributed by atoms with van der Waals surface area (Å²) in [5, 5.41) is 11.0. The largest absolute Gasteiger partial charge is 0.465 e. The third kappa shape index (κ3) is 2.14. The number of rotatable bonds is 2. The highest BCUT2D eigenvalue weighted by molar-refractivity contribution is 5.88. The minimum Gasteiger partial charge on any atom is -0.465 e. The Balaban J connectivity index is 2.44. The number of nitrogens with zero attached hydrogens (tertiary/aromatic N) is 2. The van der Waals surface area contributed by atoms with Crippen LogP contribution in [0.2, 0.25) is 0 Å². The van der Waals surface area contributed by atoms with Gasteiger partial charge in [0, 0.05) is 24.2 Å². The number of carbonyl (C=O) groups is 1. The van der Waals surface area contributed by atoms with Crippen LogP contribution in [0.3, 0.4) is 0 Å². The molecule has 2 heterocycles. The number of nitrogens with one attached hydrogen (secondary N) is 1. The molecule has 0 fully saturated rings. The molecule has 2 N–H and O–H groups in total. The first kappa shape index (κ1) is 10.1. The molecule has 5 nitrogen and oxygen atoms in total. The maximum Gasteiger partial charge on any atom is 0.409 e. The predicted molar refractivity (Wildman–Crippen MR) is 59.1 cm³/mol. The summed E-state index contributed by atoms with van der Waals surface area (Å²) in [5.74, 6) is 0. The van der Waals surface area contributed by atoms with Crippen molar-refractivity contribution in [3.63, 3.8) is 0 Å². The number of amides is 1. The standard InChI is InChI=1S/C11H9N3O2/c15-11(16)14-9-4-2-6-13-10(9)8-3-1-5-12-7-8/h1-7,14H,(H,15,16). The Kier molecular flexibility index (Phi) is 2.77. The molecule has 0 aliphatic rings. The Morgan fingerprint density at radius 2 is 2.06 bits per heavy atom. The van der Waals surface area contributed by atoms with Crippen molar-refractivity contribution in [2.24, 2.45) is 0 Å². The molecule has 0 aliphatic heterocycles. The van der Waals surface area contributed by atoms with Crippen LogP contribution in [-0.2, 0) is 0 Å². The summed E-state index contributed by atoms with van der Waals surface area (Å²) < 4.78 is 0. The summed E-state index contributed by atoms with van der Waals surface area (Å²) in [6.07, 6.45) is 3.78. The lowest BCUT2D eigenvalue weighted by atomic mass is 10.1. The maximum absolute atomic E-state index is 10.6. The van der Waals surface area contributed by atoms with Crippen molar-refractivity contribution in [3.8, 4) is 11.3 Å². The van der Waals surface area contributed by atoms with Crippen LogP contribution in [0.5, 0.6) is 0 Å². The summed E-state index contributed by atoms with van der Waals surface area (Å²) >= 11 is 0. The van der Waals surface area contributed by atoms with Crippen molar-refractivity contribution >= 4 is 11.8 Å². The highest BCUT2D eigenvalue weighted by Crippen LogP contribution is 2.24. The van der Waals surface area contributed by atoms with Crippen LogP contribution in [0, 0.1) is 0 Å². The van der Waals surface area contributed by atoms with Crippen molar-refractivity contribution in [3.05, 3.63) is 42.9 Å². The van der Waals surface area contributed by atoms with E-state index >= 15 is 0 Å². The number of hydrogen-bond acceptors (Lipinski definition) is 3. The van der Waals surface area contributed by atoms with E-state index in [1.54, 1.807) is 36.8 Å². The average Bonchev–Trinajstić information content (AvgIpc) is 2.30. The molecule has 5 heteroatoms. The molecule has 0 unspecified atom stereocenters. The molecule has 2 aromatic heterocycles. The average molecular weight is 215 g/mol. The highest BCUT2D eigenvalue weighted by Gasteiger charge is 2.07.